The molecule has 0 saturated carbocycles. The van der Waals surface area contributed by atoms with Crippen molar-refractivity contribution >= 4 is 27.5 Å². The molecule has 1 atom stereocenters. The Balaban J connectivity index is 2.12. The highest BCUT2D eigenvalue weighted by Gasteiger charge is 2.35. The fourth-order valence-corrected chi connectivity index (χ4v) is 5.70. The van der Waals surface area contributed by atoms with E-state index in [0.29, 0.717) is 16.9 Å². The maximum Gasteiger partial charge on any atom is 0.416 e. The maximum absolute atomic E-state index is 13.9. The van der Waals surface area contributed by atoms with Gasteiger partial charge in [0.05, 0.1) is 16.1 Å². The van der Waals surface area contributed by atoms with Gasteiger partial charge in [-0.25, -0.2) is 8.42 Å². The lowest BCUT2D eigenvalue weighted by Gasteiger charge is -2.33. The molecule has 0 bridgehead atoms. The van der Waals surface area contributed by atoms with Gasteiger partial charge in [0, 0.05) is 13.1 Å². The van der Waals surface area contributed by atoms with E-state index in [1.807, 2.05) is 19.1 Å². The third-order valence-corrected chi connectivity index (χ3v) is 8.20. The van der Waals surface area contributed by atoms with Crippen molar-refractivity contribution in [3.63, 3.8) is 0 Å². The van der Waals surface area contributed by atoms with Crippen molar-refractivity contribution in [1.29, 1.82) is 0 Å². The molecule has 214 valence electrons. The van der Waals surface area contributed by atoms with Gasteiger partial charge >= 0.3 is 6.18 Å². The topological polar surface area (TPSA) is 86.8 Å². The SMILES string of the molecule is CCNC(=O)[C@@H](CC)N(Cc1ccccc1C)C(=O)CN(c1cccc(C(F)(F)F)c1)S(=O)(=O)c1ccccc1. The lowest BCUT2D eigenvalue weighted by Crippen LogP contribution is -2.52. The number of sulfonamides is 1. The quantitative estimate of drug-likeness (QED) is 0.343. The second-order valence-electron chi connectivity index (χ2n) is 9.14. The third kappa shape index (κ3) is 7.20. The van der Waals surface area contributed by atoms with E-state index in [0.717, 1.165) is 23.3 Å². The predicted molar refractivity (Wildman–Crippen MR) is 147 cm³/mol. The van der Waals surface area contributed by atoms with E-state index < -0.39 is 46.2 Å². The molecule has 40 heavy (non-hydrogen) atoms. The molecule has 0 aliphatic carbocycles. The molecule has 1 N–H and O–H groups in total. The van der Waals surface area contributed by atoms with Crippen LogP contribution in [0.2, 0.25) is 0 Å². The minimum absolute atomic E-state index is 0.00294. The van der Waals surface area contributed by atoms with Crippen molar-refractivity contribution in [3.8, 4) is 0 Å². The number of carbonyl (C=O) groups is 2. The molecular weight excluding hydrogens is 543 g/mol. The normalized spacial score (nSPS) is 12.4. The summed E-state index contributed by atoms with van der Waals surface area (Å²) in [5.41, 5.74) is 0.220. The molecule has 3 rings (SSSR count). The van der Waals surface area contributed by atoms with E-state index >= 15 is 0 Å². The Morgan fingerprint density at radius 1 is 0.925 bits per heavy atom. The minimum Gasteiger partial charge on any atom is -0.355 e. The molecule has 0 spiro atoms. The molecule has 0 radical (unpaired) electrons. The van der Waals surface area contributed by atoms with Crippen molar-refractivity contribution in [1.82, 2.24) is 10.2 Å². The van der Waals surface area contributed by atoms with Crippen LogP contribution in [0.1, 0.15) is 37.0 Å². The summed E-state index contributed by atoms with van der Waals surface area (Å²) in [6.07, 6.45) is -4.50. The zero-order chi connectivity index (χ0) is 29.5. The molecule has 3 aromatic carbocycles. The summed E-state index contributed by atoms with van der Waals surface area (Å²) < 4.78 is 68.8. The minimum atomic E-state index is -4.73. The van der Waals surface area contributed by atoms with Crippen molar-refractivity contribution in [2.75, 3.05) is 17.4 Å². The summed E-state index contributed by atoms with van der Waals surface area (Å²) in [7, 11) is -4.47. The van der Waals surface area contributed by atoms with Gasteiger partial charge in [0.25, 0.3) is 10.0 Å². The first kappa shape index (κ1) is 30.7. The number of amides is 2. The largest absolute Gasteiger partial charge is 0.416 e. The van der Waals surface area contributed by atoms with E-state index in [9.17, 15) is 31.2 Å². The first-order chi connectivity index (χ1) is 18.9. The molecule has 0 saturated heterocycles. The summed E-state index contributed by atoms with van der Waals surface area (Å²) in [4.78, 5) is 28.0. The van der Waals surface area contributed by atoms with Gasteiger partial charge in [0.15, 0.2) is 0 Å². The van der Waals surface area contributed by atoms with Crippen LogP contribution < -0.4 is 9.62 Å². The van der Waals surface area contributed by atoms with Gasteiger partial charge in [-0.1, -0.05) is 55.5 Å². The summed E-state index contributed by atoms with van der Waals surface area (Å²) in [5.74, 6) is -1.15. The van der Waals surface area contributed by atoms with E-state index in [4.69, 9.17) is 0 Å². The summed E-state index contributed by atoms with van der Waals surface area (Å²) in [6.45, 7) is 4.81. The maximum atomic E-state index is 13.9. The lowest BCUT2D eigenvalue weighted by molar-refractivity contribution is -0.140. The van der Waals surface area contributed by atoms with E-state index in [2.05, 4.69) is 5.32 Å². The van der Waals surface area contributed by atoms with Crippen LogP contribution in [0.3, 0.4) is 0 Å². The van der Waals surface area contributed by atoms with E-state index in [-0.39, 0.29) is 23.5 Å². The number of aryl methyl sites for hydroxylation is 1. The predicted octanol–water partition coefficient (Wildman–Crippen LogP) is 5.15. The zero-order valence-corrected chi connectivity index (χ0v) is 23.3. The average molecular weight is 576 g/mol. The van der Waals surface area contributed by atoms with E-state index in [1.54, 1.807) is 32.0 Å². The van der Waals surface area contributed by atoms with Crippen LogP contribution in [0.4, 0.5) is 18.9 Å². The van der Waals surface area contributed by atoms with Crippen LogP contribution in [-0.2, 0) is 32.3 Å². The van der Waals surface area contributed by atoms with Crippen molar-refractivity contribution in [3.05, 3.63) is 95.6 Å². The van der Waals surface area contributed by atoms with Gasteiger partial charge in [-0.3, -0.25) is 13.9 Å². The Kier molecular flexibility index (Phi) is 9.97. The molecule has 0 aliphatic heterocycles. The number of benzene rings is 3. The number of nitrogens with one attached hydrogen (secondary N) is 1. The fourth-order valence-electron chi connectivity index (χ4n) is 4.27. The van der Waals surface area contributed by atoms with Crippen LogP contribution in [0.25, 0.3) is 0 Å². The van der Waals surface area contributed by atoms with Crippen molar-refractivity contribution in [2.24, 2.45) is 0 Å². The summed E-state index contributed by atoms with van der Waals surface area (Å²) in [6, 6.07) is 17.3. The van der Waals surface area contributed by atoms with Crippen LogP contribution in [0.5, 0.6) is 0 Å². The number of halogens is 3. The molecule has 0 aromatic heterocycles. The Morgan fingerprint density at radius 2 is 1.57 bits per heavy atom. The second-order valence-corrected chi connectivity index (χ2v) is 11.0. The number of rotatable bonds is 11. The Hall–Kier alpha value is -3.86. The number of hydrogen-bond acceptors (Lipinski definition) is 4. The van der Waals surface area contributed by atoms with Gasteiger partial charge in [-0.2, -0.15) is 13.2 Å². The van der Waals surface area contributed by atoms with Crippen molar-refractivity contribution in [2.45, 2.75) is 50.9 Å². The first-order valence-corrected chi connectivity index (χ1v) is 14.2. The molecular formula is C29H32F3N3O4S. The number of hydrogen-bond donors (Lipinski definition) is 1. The van der Waals surface area contributed by atoms with E-state index in [1.165, 1.54) is 35.2 Å². The highest BCUT2D eigenvalue weighted by Crippen LogP contribution is 2.33. The molecule has 0 unspecified atom stereocenters. The smallest absolute Gasteiger partial charge is 0.355 e. The highest BCUT2D eigenvalue weighted by atomic mass is 32.2. The molecule has 11 heteroatoms. The zero-order valence-electron chi connectivity index (χ0n) is 22.5. The molecule has 0 fully saturated rings. The molecule has 3 aromatic rings. The van der Waals surface area contributed by atoms with Gasteiger partial charge in [-0.05, 0) is 61.7 Å². The first-order valence-electron chi connectivity index (χ1n) is 12.8. The third-order valence-electron chi connectivity index (χ3n) is 6.41. The highest BCUT2D eigenvalue weighted by molar-refractivity contribution is 7.92. The van der Waals surface area contributed by atoms with Crippen LogP contribution >= 0.6 is 0 Å². The number of anilines is 1. The Bertz CT molecular complexity index is 1430. The molecule has 0 aliphatic rings. The molecule has 2 amide bonds. The number of carbonyl (C=O) groups excluding carboxylic acids is 2. The summed E-state index contributed by atoms with van der Waals surface area (Å²) >= 11 is 0. The molecule has 0 heterocycles. The standard InChI is InChI=1S/C29H32F3N3O4S/c1-4-26(28(37)33-5-2)34(19-22-13-10-9-12-21(22)3)27(36)20-35(40(38,39)25-16-7-6-8-17-25)24-15-11-14-23(18-24)29(30,31)32/h6-18,26H,4-5,19-20H2,1-3H3,(H,33,37)/t26-/m1/s1. The van der Waals surface area contributed by atoms with Gasteiger partial charge in [0.2, 0.25) is 11.8 Å². The fraction of sp³-hybridized carbons (Fsp3) is 0.310. The average Bonchev–Trinajstić information content (AvgIpc) is 2.92. The second kappa shape index (κ2) is 13.0. The Morgan fingerprint density at radius 3 is 2.17 bits per heavy atom. The number of nitrogens with zero attached hydrogens (tertiary/aromatic N) is 2. The summed E-state index contributed by atoms with van der Waals surface area (Å²) in [5, 5.41) is 2.71. The lowest BCUT2D eigenvalue weighted by atomic mass is 10.1. The van der Waals surface area contributed by atoms with Crippen LogP contribution in [0.15, 0.2) is 83.8 Å². The van der Waals surface area contributed by atoms with Crippen LogP contribution in [-0.4, -0.2) is 44.3 Å². The monoisotopic (exact) mass is 575 g/mol. The van der Waals surface area contributed by atoms with Gasteiger partial charge in [0.1, 0.15) is 12.6 Å². The number of alkyl halides is 3. The van der Waals surface area contributed by atoms with Gasteiger partial charge < -0.3 is 10.2 Å². The van der Waals surface area contributed by atoms with Gasteiger partial charge in [-0.15, -0.1) is 0 Å². The van der Waals surface area contributed by atoms with Crippen molar-refractivity contribution < 1.29 is 31.2 Å². The molecule has 7 nitrogen and oxygen atoms in total. The number of likely N-dealkylation sites (N-methyl/N-ethyl adjacent to an activating group) is 1. The van der Waals surface area contributed by atoms with Crippen LogP contribution in [0, 0.1) is 6.92 Å². The Labute approximate surface area is 232 Å².